The van der Waals surface area contributed by atoms with E-state index in [1.165, 1.54) is 11.3 Å². The van der Waals surface area contributed by atoms with Crippen LogP contribution in [0, 0.1) is 6.92 Å². The molecule has 132 valence electrons. The van der Waals surface area contributed by atoms with Crippen LogP contribution in [0.3, 0.4) is 0 Å². The molecule has 2 heterocycles. The molecular weight excluding hydrogens is 336 g/mol. The van der Waals surface area contributed by atoms with Crippen molar-refractivity contribution in [3.05, 3.63) is 51.5 Å². The molecule has 1 N–H and O–H groups in total. The minimum absolute atomic E-state index is 0.0174. The SMILES string of the molecule is CC(=O)C(c1ncc(C(=O)N2CCC(O)CC2)s1)c1ccccc1C. The van der Waals surface area contributed by atoms with E-state index in [1.807, 2.05) is 31.2 Å². The van der Waals surface area contributed by atoms with Crippen molar-refractivity contribution < 1.29 is 14.7 Å². The lowest BCUT2D eigenvalue weighted by molar-refractivity contribution is -0.117. The molecule has 1 amide bonds. The van der Waals surface area contributed by atoms with Crippen molar-refractivity contribution in [2.45, 2.75) is 38.7 Å². The van der Waals surface area contributed by atoms with Gasteiger partial charge < -0.3 is 10.0 Å². The molecule has 0 radical (unpaired) electrons. The van der Waals surface area contributed by atoms with E-state index in [9.17, 15) is 14.7 Å². The fraction of sp³-hybridized carbons (Fsp3) is 0.421. The molecule has 6 heteroatoms. The van der Waals surface area contributed by atoms with E-state index in [0.29, 0.717) is 35.8 Å². The number of nitrogens with zero attached hydrogens (tertiary/aromatic N) is 2. The average molecular weight is 358 g/mol. The summed E-state index contributed by atoms with van der Waals surface area (Å²) in [6.07, 6.45) is 2.47. The van der Waals surface area contributed by atoms with Crippen LogP contribution in [0.15, 0.2) is 30.5 Å². The minimum Gasteiger partial charge on any atom is -0.393 e. The van der Waals surface area contributed by atoms with Crippen molar-refractivity contribution in [1.29, 1.82) is 0 Å². The molecule has 1 aliphatic heterocycles. The summed E-state index contributed by atoms with van der Waals surface area (Å²) >= 11 is 1.29. The summed E-state index contributed by atoms with van der Waals surface area (Å²) in [7, 11) is 0. The summed E-state index contributed by atoms with van der Waals surface area (Å²) in [6.45, 7) is 4.65. The molecule has 1 aliphatic rings. The Balaban J connectivity index is 1.85. The van der Waals surface area contributed by atoms with Gasteiger partial charge >= 0.3 is 0 Å². The van der Waals surface area contributed by atoms with Gasteiger partial charge in [-0.15, -0.1) is 11.3 Å². The summed E-state index contributed by atoms with van der Waals surface area (Å²) in [4.78, 5) is 31.6. The highest BCUT2D eigenvalue weighted by Gasteiger charge is 2.28. The van der Waals surface area contributed by atoms with Crippen molar-refractivity contribution in [2.75, 3.05) is 13.1 Å². The van der Waals surface area contributed by atoms with Crippen LogP contribution in [0.4, 0.5) is 0 Å². The van der Waals surface area contributed by atoms with E-state index in [1.54, 1.807) is 18.0 Å². The van der Waals surface area contributed by atoms with Gasteiger partial charge in [0.2, 0.25) is 0 Å². The molecule has 0 spiro atoms. The first-order valence-corrected chi connectivity index (χ1v) is 9.28. The Labute approximate surface area is 151 Å². The number of aliphatic hydroxyl groups excluding tert-OH is 1. The van der Waals surface area contributed by atoms with Crippen molar-refractivity contribution in [3.8, 4) is 0 Å². The largest absolute Gasteiger partial charge is 0.393 e. The van der Waals surface area contributed by atoms with Gasteiger partial charge in [0, 0.05) is 13.1 Å². The molecule has 3 rings (SSSR count). The molecule has 2 aromatic rings. The topological polar surface area (TPSA) is 70.5 Å². The summed E-state index contributed by atoms with van der Waals surface area (Å²) in [6, 6.07) is 7.77. The number of piperidine rings is 1. The third-order valence-electron chi connectivity index (χ3n) is 4.64. The first-order valence-electron chi connectivity index (χ1n) is 8.46. The Morgan fingerprint density at radius 1 is 1.28 bits per heavy atom. The maximum absolute atomic E-state index is 12.6. The average Bonchev–Trinajstić information content (AvgIpc) is 3.06. The predicted octanol–water partition coefficient (Wildman–Crippen LogP) is 2.77. The molecule has 5 nitrogen and oxygen atoms in total. The molecule has 1 aromatic carbocycles. The van der Waals surface area contributed by atoms with Crippen LogP contribution < -0.4 is 0 Å². The molecule has 0 aliphatic carbocycles. The van der Waals surface area contributed by atoms with Crippen molar-refractivity contribution in [3.63, 3.8) is 0 Å². The Morgan fingerprint density at radius 2 is 1.96 bits per heavy atom. The van der Waals surface area contributed by atoms with Gasteiger partial charge in [-0.3, -0.25) is 9.59 Å². The number of carbonyl (C=O) groups excluding carboxylic acids is 2. The van der Waals surface area contributed by atoms with Crippen LogP contribution in [-0.2, 0) is 4.79 Å². The smallest absolute Gasteiger partial charge is 0.265 e. The van der Waals surface area contributed by atoms with Crippen LogP contribution in [-0.4, -0.2) is 45.9 Å². The van der Waals surface area contributed by atoms with Crippen molar-refractivity contribution in [1.82, 2.24) is 9.88 Å². The molecular formula is C19H22N2O3S. The molecule has 25 heavy (non-hydrogen) atoms. The first-order chi connectivity index (χ1) is 12.0. The summed E-state index contributed by atoms with van der Waals surface area (Å²) in [5.41, 5.74) is 1.97. The second-order valence-corrected chi connectivity index (χ2v) is 7.55. The van der Waals surface area contributed by atoms with E-state index >= 15 is 0 Å². The highest BCUT2D eigenvalue weighted by molar-refractivity contribution is 7.13. The molecule has 1 fully saturated rings. The van der Waals surface area contributed by atoms with Gasteiger partial charge in [0.05, 0.1) is 18.2 Å². The number of hydrogen-bond acceptors (Lipinski definition) is 5. The number of benzene rings is 1. The third kappa shape index (κ3) is 3.80. The summed E-state index contributed by atoms with van der Waals surface area (Å²) in [5, 5.41) is 10.2. The fourth-order valence-electron chi connectivity index (χ4n) is 3.18. The number of Topliss-reactive ketones (excluding diaryl/α,β-unsaturated/α-hetero) is 1. The van der Waals surface area contributed by atoms with Crippen LogP contribution in [0.1, 0.15) is 51.5 Å². The zero-order valence-corrected chi connectivity index (χ0v) is 15.3. The highest BCUT2D eigenvalue weighted by Crippen LogP contribution is 2.31. The number of rotatable bonds is 4. The van der Waals surface area contributed by atoms with Gasteiger partial charge in [0.15, 0.2) is 0 Å². The Kier molecular flexibility index (Phi) is 5.30. The quantitative estimate of drug-likeness (QED) is 0.912. The Hall–Kier alpha value is -2.05. The Morgan fingerprint density at radius 3 is 2.60 bits per heavy atom. The number of hydrogen-bond donors (Lipinski definition) is 1. The number of amides is 1. The lowest BCUT2D eigenvalue weighted by Crippen LogP contribution is -2.39. The molecule has 1 unspecified atom stereocenters. The number of aryl methyl sites for hydroxylation is 1. The van der Waals surface area contributed by atoms with Gasteiger partial charge in [-0.2, -0.15) is 0 Å². The van der Waals surface area contributed by atoms with Gasteiger partial charge in [0.1, 0.15) is 15.7 Å². The molecule has 1 aromatic heterocycles. The number of aromatic nitrogens is 1. The zero-order valence-electron chi connectivity index (χ0n) is 14.4. The van der Waals surface area contributed by atoms with Gasteiger partial charge in [-0.25, -0.2) is 4.98 Å². The monoisotopic (exact) mass is 358 g/mol. The number of ketones is 1. The number of carbonyl (C=O) groups is 2. The van der Waals surface area contributed by atoms with Gasteiger partial charge in [0.25, 0.3) is 5.91 Å². The van der Waals surface area contributed by atoms with E-state index < -0.39 is 5.92 Å². The number of likely N-dealkylation sites (tertiary alicyclic amines) is 1. The van der Waals surface area contributed by atoms with E-state index in [-0.39, 0.29) is 17.8 Å². The second kappa shape index (κ2) is 7.45. The van der Waals surface area contributed by atoms with Crippen LogP contribution in [0.25, 0.3) is 0 Å². The van der Waals surface area contributed by atoms with Crippen LogP contribution in [0.5, 0.6) is 0 Å². The molecule has 1 saturated heterocycles. The maximum Gasteiger partial charge on any atom is 0.265 e. The van der Waals surface area contributed by atoms with Crippen LogP contribution in [0.2, 0.25) is 0 Å². The van der Waals surface area contributed by atoms with Gasteiger partial charge in [-0.05, 0) is 37.8 Å². The molecule has 1 atom stereocenters. The fourth-order valence-corrected chi connectivity index (χ4v) is 4.24. The lowest BCUT2D eigenvalue weighted by atomic mass is 9.92. The zero-order chi connectivity index (χ0) is 18.0. The predicted molar refractivity (Wildman–Crippen MR) is 97.0 cm³/mol. The maximum atomic E-state index is 12.6. The van der Waals surface area contributed by atoms with Crippen LogP contribution >= 0.6 is 11.3 Å². The van der Waals surface area contributed by atoms with Gasteiger partial charge in [-0.1, -0.05) is 24.3 Å². The van der Waals surface area contributed by atoms with E-state index in [0.717, 1.165) is 11.1 Å². The Bertz CT molecular complexity index is 778. The number of thiazole rings is 1. The van der Waals surface area contributed by atoms with E-state index in [4.69, 9.17) is 0 Å². The summed E-state index contributed by atoms with van der Waals surface area (Å²) in [5.74, 6) is -0.484. The minimum atomic E-state index is -0.434. The molecule has 0 saturated carbocycles. The van der Waals surface area contributed by atoms with Crippen molar-refractivity contribution in [2.24, 2.45) is 0 Å². The lowest BCUT2D eigenvalue weighted by Gasteiger charge is -2.29. The first kappa shape index (κ1) is 17.8. The normalized spacial score (nSPS) is 16.7. The number of aliphatic hydroxyl groups is 1. The third-order valence-corrected chi connectivity index (χ3v) is 5.69. The second-order valence-electron chi connectivity index (χ2n) is 6.49. The van der Waals surface area contributed by atoms with E-state index in [2.05, 4.69) is 4.98 Å². The highest BCUT2D eigenvalue weighted by atomic mass is 32.1. The standard InChI is InChI=1S/C19H22N2O3S/c1-12-5-3-4-6-15(12)17(13(2)22)18-20-11-16(25-18)19(24)21-9-7-14(23)8-10-21/h3-6,11,14,17,23H,7-10H2,1-2H3. The van der Waals surface area contributed by atoms with Crippen molar-refractivity contribution >= 4 is 23.0 Å². The summed E-state index contributed by atoms with van der Waals surface area (Å²) < 4.78 is 0. The molecule has 0 bridgehead atoms.